The number of nitrogens with zero attached hydrogens (tertiary/aromatic N) is 1. The fourth-order valence-electron chi connectivity index (χ4n) is 2.96. The van der Waals surface area contributed by atoms with Crippen molar-refractivity contribution in [1.29, 1.82) is 0 Å². The van der Waals surface area contributed by atoms with E-state index in [-0.39, 0.29) is 11.7 Å². The summed E-state index contributed by atoms with van der Waals surface area (Å²) in [6.07, 6.45) is 1.97. The van der Waals surface area contributed by atoms with E-state index in [9.17, 15) is 9.18 Å². The fourth-order valence-corrected chi connectivity index (χ4v) is 3.08. The third-order valence-electron chi connectivity index (χ3n) is 4.32. The lowest BCUT2D eigenvalue weighted by molar-refractivity contribution is 0.0985. The van der Waals surface area contributed by atoms with Gasteiger partial charge in [-0.1, -0.05) is 43.6 Å². The quantitative estimate of drug-likeness (QED) is 0.472. The Kier molecular flexibility index (Phi) is 8.68. The molecule has 1 aliphatic rings. The van der Waals surface area contributed by atoms with Crippen molar-refractivity contribution in [2.45, 2.75) is 26.7 Å². The lowest BCUT2D eigenvalue weighted by atomic mass is 10.0. The maximum absolute atomic E-state index is 12.9. The molecule has 1 aliphatic heterocycles. The zero-order valence-corrected chi connectivity index (χ0v) is 17.5. The highest BCUT2D eigenvalue weighted by Crippen LogP contribution is 2.28. The molecule has 0 spiro atoms. The van der Waals surface area contributed by atoms with Crippen molar-refractivity contribution < 1.29 is 9.18 Å². The number of anilines is 2. The first kappa shape index (κ1) is 22.4. The summed E-state index contributed by atoms with van der Waals surface area (Å²) in [6, 6.07) is 20.7. The van der Waals surface area contributed by atoms with Gasteiger partial charge in [-0.3, -0.25) is 4.79 Å². The predicted molar refractivity (Wildman–Crippen MR) is 120 cm³/mol. The van der Waals surface area contributed by atoms with Gasteiger partial charge in [0.2, 0.25) is 0 Å². The van der Waals surface area contributed by atoms with Gasteiger partial charge in [-0.05, 0) is 73.0 Å². The van der Waals surface area contributed by atoms with Gasteiger partial charge in [0.05, 0.1) is 0 Å². The van der Waals surface area contributed by atoms with Gasteiger partial charge >= 0.3 is 0 Å². The molecule has 0 saturated carbocycles. The molecule has 0 bridgehead atoms. The summed E-state index contributed by atoms with van der Waals surface area (Å²) in [5, 5.41) is 0.721. The minimum Gasteiger partial charge on any atom is -0.399 e. The second-order valence-corrected chi connectivity index (χ2v) is 6.68. The molecule has 0 fully saturated rings. The molecule has 5 heteroatoms. The Morgan fingerprint density at radius 2 is 1.59 bits per heavy atom. The lowest BCUT2D eigenvalue weighted by Gasteiger charge is -2.29. The summed E-state index contributed by atoms with van der Waals surface area (Å²) < 4.78 is 12.9. The molecule has 0 saturated heterocycles. The largest absolute Gasteiger partial charge is 0.399 e. The Morgan fingerprint density at radius 3 is 2.21 bits per heavy atom. The summed E-state index contributed by atoms with van der Waals surface area (Å²) >= 11 is 5.56. The maximum atomic E-state index is 12.9. The van der Waals surface area contributed by atoms with Crippen molar-refractivity contribution >= 4 is 28.9 Å². The van der Waals surface area contributed by atoms with E-state index in [0.29, 0.717) is 12.1 Å². The molecule has 0 atom stereocenters. The predicted octanol–water partition coefficient (Wildman–Crippen LogP) is 6.37. The Labute approximate surface area is 176 Å². The van der Waals surface area contributed by atoms with Crippen molar-refractivity contribution in [3.05, 3.63) is 94.8 Å². The molecule has 2 N–H and O–H groups in total. The Morgan fingerprint density at radius 1 is 0.966 bits per heavy atom. The molecule has 3 aromatic carbocycles. The first-order valence-corrected chi connectivity index (χ1v) is 10.1. The first-order valence-electron chi connectivity index (χ1n) is 9.71. The van der Waals surface area contributed by atoms with Crippen LogP contribution in [0.5, 0.6) is 0 Å². The van der Waals surface area contributed by atoms with Crippen LogP contribution in [0.4, 0.5) is 15.8 Å². The first-order chi connectivity index (χ1) is 14.0. The number of nitrogens with two attached hydrogens (primary N) is 1. The fraction of sp³-hybridized carbons (Fsp3) is 0.208. The third-order valence-corrected chi connectivity index (χ3v) is 4.57. The number of aryl methyl sites for hydroxylation is 1. The molecular weight excluding hydrogens is 387 g/mol. The molecule has 0 unspecified atom stereocenters. The number of carbonyl (C=O) groups is 1. The van der Waals surface area contributed by atoms with Crippen LogP contribution >= 0.6 is 11.6 Å². The van der Waals surface area contributed by atoms with Crippen molar-refractivity contribution in [3.8, 4) is 0 Å². The molecule has 152 valence electrons. The van der Waals surface area contributed by atoms with Crippen LogP contribution in [0, 0.1) is 5.82 Å². The van der Waals surface area contributed by atoms with Gasteiger partial charge in [-0.2, -0.15) is 0 Å². The zero-order valence-electron chi connectivity index (χ0n) is 16.7. The topological polar surface area (TPSA) is 46.3 Å². The number of hydrogen-bond acceptors (Lipinski definition) is 2. The normalized spacial score (nSPS) is 11.9. The van der Waals surface area contributed by atoms with E-state index >= 15 is 0 Å². The van der Waals surface area contributed by atoms with E-state index in [1.54, 1.807) is 29.2 Å². The van der Waals surface area contributed by atoms with Gasteiger partial charge in [0.25, 0.3) is 5.91 Å². The van der Waals surface area contributed by atoms with E-state index < -0.39 is 0 Å². The summed E-state index contributed by atoms with van der Waals surface area (Å²) in [5.41, 5.74) is 8.81. The highest BCUT2D eigenvalue weighted by atomic mass is 35.5. The van der Waals surface area contributed by atoms with Gasteiger partial charge in [-0.25, -0.2) is 4.39 Å². The van der Waals surface area contributed by atoms with Crippen LogP contribution in [0.25, 0.3) is 0 Å². The van der Waals surface area contributed by atoms with Crippen LogP contribution in [0.3, 0.4) is 0 Å². The number of halogens is 2. The lowest BCUT2D eigenvalue weighted by Crippen LogP contribution is -2.35. The van der Waals surface area contributed by atoms with E-state index in [0.717, 1.165) is 29.2 Å². The van der Waals surface area contributed by atoms with E-state index in [2.05, 4.69) is 6.07 Å². The van der Waals surface area contributed by atoms with Crippen LogP contribution in [0.2, 0.25) is 5.02 Å². The smallest absolute Gasteiger partial charge is 0.258 e. The van der Waals surface area contributed by atoms with Crippen molar-refractivity contribution in [3.63, 3.8) is 0 Å². The third kappa shape index (κ3) is 6.33. The molecule has 3 aromatic rings. The SMILES string of the molecule is CC.Nc1ccc(Cl)cc1.O=C(c1ccc(F)cc1)N1CCCc2ccccc21. The highest BCUT2D eigenvalue weighted by Gasteiger charge is 2.22. The molecule has 4 rings (SSSR count). The average Bonchev–Trinajstić information content (AvgIpc) is 2.77. The van der Waals surface area contributed by atoms with Crippen LogP contribution in [-0.4, -0.2) is 12.5 Å². The molecule has 0 radical (unpaired) electrons. The summed E-state index contributed by atoms with van der Waals surface area (Å²) in [5.74, 6) is -0.386. The molecule has 1 heterocycles. The number of nitrogen functional groups attached to an aromatic ring is 1. The monoisotopic (exact) mass is 412 g/mol. The molecule has 3 nitrogen and oxygen atoms in total. The van der Waals surface area contributed by atoms with Crippen LogP contribution in [0.15, 0.2) is 72.8 Å². The van der Waals surface area contributed by atoms with Gasteiger partial charge in [-0.15, -0.1) is 0 Å². The molecular formula is C24H26ClFN2O. The average molecular weight is 413 g/mol. The van der Waals surface area contributed by atoms with E-state index in [1.165, 1.54) is 29.8 Å². The molecule has 1 amide bonds. The van der Waals surface area contributed by atoms with Crippen LogP contribution < -0.4 is 10.6 Å². The van der Waals surface area contributed by atoms with Gasteiger partial charge in [0, 0.05) is 28.5 Å². The number of carbonyl (C=O) groups excluding carboxylic acids is 1. The maximum Gasteiger partial charge on any atom is 0.258 e. The van der Waals surface area contributed by atoms with Crippen LogP contribution in [0.1, 0.15) is 36.2 Å². The number of benzene rings is 3. The van der Waals surface area contributed by atoms with Gasteiger partial charge in [0.15, 0.2) is 0 Å². The standard InChI is InChI=1S/C16H14FNO.C6H6ClN.C2H6/c17-14-9-7-13(8-10-14)16(19)18-11-3-5-12-4-1-2-6-15(12)18;7-5-1-3-6(8)4-2-5;1-2/h1-2,4,6-10H,3,5,11H2;1-4H,8H2;1-2H3. The van der Waals surface area contributed by atoms with E-state index in [1.807, 2.05) is 32.0 Å². The number of hydrogen-bond donors (Lipinski definition) is 1. The van der Waals surface area contributed by atoms with E-state index in [4.69, 9.17) is 17.3 Å². The number of rotatable bonds is 1. The molecule has 29 heavy (non-hydrogen) atoms. The summed E-state index contributed by atoms with van der Waals surface area (Å²) in [6.45, 7) is 4.72. The Balaban J connectivity index is 0.000000252. The summed E-state index contributed by atoms with van der Waals surface area (Å²) in [7, 11) is 0. The van der Waals surface area contributed by atoms with Gasteiger partial charge < -0.3 is 10.6 Å². The minimum atomic E-state index is -0.324. The number of para-hydroxylation sites is 1. The van der Waals surface area contributed by atoms with Crippen LogP contribution in [-0.2, 0) is 6.42 Å². The van der Waals surface area contributed by atoms with Crippen molar-refractivity contribution in [2.24, 2.45) is 0 Å². The molecule has 0 aliphatic carbocycles. The molecule has 0 aromatic heterocycles. The Bertz CT molecular complexity index is 890. The number of fused-ring (bicyclic) bond motifs is 1. The van der Waals surface area contributed by atoms with Crippen molar-refractivity contribution in [1.82, 2.24) is 0 Å². The second-order valence-electron chi connectivity index (χ2n) is 6.25. The highest BCUT2D eigenvalue weighted by molar-refractivity contribution is 6.30. The van der Waals surface area contributed by atoms with Crippen molar-refractivity contribution in [2.75, 3.05) is 17.2 Å². The number of amides is 1. The Hall–Kier alpha value is -2.85. The zero-order chi connectivity index (χ0) is 21.2. The minimum absolute atomic E-state index is 0.0628. The van der Waals surface area contributed by atoms with Gasteiger partial charge in [0.1, 0.15) is 5.82 Å². The summed E-state index contributed by atoms with van der Waals surface area (Å²) in [4.78, 5) is 14.3. The second kappa shape index (κ2) is 11.2.